The van der Waals surface area contributed by atoms with E-state index in [-0.39, 0.29) is 23.1 Å². The Bertz CT molecular complexity index is 1120. The van der Waals surface area contributed by atoms with Crippen LogP contribution in [0.25, 0.3) is 11.1 Å². The molecule has 0 amide bonds. The maximum atomic E-state index is 10.2. The Kier molecular flexibility index (Phi) is 5.45. The van der Waals surface area contributed by atoms with Crippen molar-refractivity contribution >= 4 is 11.5 Å². The molecular weight excluding hydrogens is 384 g/mol. The van der Waals surface area contributed by atoms with Crippen molar-refractivity contribution < 1.29 is 5.11 Å². The van der Waals surface area contributed by atoms with E-state index in [0.717, 1.165) is 54.4 Å². The van der Waals surface area contributed by atoms with Crippen LogP contribution in [-0.4, -0.2) is 27.7 Å². The lowest BCUT2D eigenvalue weighted by molar-refractivity contribution is 0.0257. The third-order valence-corrected chi connectivity index (χ3v) is 7.18. The molecule has 5 nitrogen and oxygen atoms in total. The first-order valence-corrected chi connectivity index (χ1v) is 10.9. The van der Waals surface area contributed by atoms with Crippen LogP contribution in [0.1, 0.15) is 63.1 Å². The lowest BCUT2D eigenvalue weighted by Crippen LogP contribution is -2.44. The van der Waals surface area contributed by atoms with E-state index in [9.17, 15) is 5.11 Å². The van der Waals surface area contributed by atoms with Gasteiger partial charge < -0.3 is 16.2 Å². The maximum absolute atomic E-state index is 10.2. The number of rotatable bonds is 3. The zero-order valence-corrected chi connectivity index (χ0v) is 18.5. The minimum Gasteiger partial charge on any atom is -0.393 e. The predicted octanol–water partition coefficient (Wildman–Crippen LogP) is 4.21. The lowest BCUT2D eigenvalue weighted by Gasteiger charge is -2.46. The van der Waals surface area contributed by atoms with E-state index in [2.05, 4.69) is 48.0 Å². The van der Waals surface area contributed by atoms with Crippen LogP contribution in [0.3, 0.4) is 0 Å². The summed E-state index contributed by atoms with van der Waals surface area (Å²) in [6, 6.07) is 8.61. The number of aromatic nitrogens is 1. The van der Waals surface area contributed by atoms with Crippen molar-refractivity contribution in [3.05, 3.63) is 53.3 Å². The SMILES string of the molecule is CC#Cc1cncc(-c2ccc3c(c2)[C@](C)(N=C(N)C(C)=N)C2(CCC(O)CC2)C3)c1. The highest BCUT2D eigenvalue weighted by molar-refractivity contribution is 6.38. The number of benzene rings is 1. The molecule has 4 rings (SSSR count). The minimum absolute atomic E-state index is 0.0962. The molecule has 2 aliphatic carbocycles. The fourth-order valence-electron chi connectivity index (χ4n) is 5.32. The van der Waals surface area contributed by atoms with E-state index in [1.807, 2.05) is 13.1 Å². The van der Waals surface area contributed by atoms with Gasteiger partial charge in [-0.1, -0.05) is 18.1 Å². The van der Waals surface area contributed by atoms with Crippen LogP contribution < -0.4 is 5.73 Å². The number of nitrogens with zero attached hydrogens (tertiary/aromatic N) is 2. The molecule has 1 saturated carbocycles. The van der Waals surface area contributed by atoms with Crippen molar-refractivity contribution in [2.75, 3.05) is 0 Å². The number of hydrogen-bond acceptors (Lipinski definition) is 4. The van der Waals surface area contributed by atoms with Crippen molar-refractivity contribution in [3.63, 3.8) is 0 Å². The van der Waals surface area contributed by atoms with Gasteiger partial charge in [0, 0.05) is 28.9 Å². The maximum Gasteiger partial charge on any atom is 0.140 e. The summed E-state index contributed by atoms with van der Waals surface area (Å²) < 4.78 is 0. The Labute approximate surface area is 184 Å². The van der Waals surface area contributed by atoms with Gasteiger partial charge in [-0.3, -0.25) is 9.98 Å². The number of aliphatic hydroxyl groups is 1. The Morgan fingerprint density at radius 1 is 1.23 bits per heavy atom. The number of fused-ring (bicyclic) bond motifs is 1. The monoisotopic (exact) mass is 414 g/mol. The molecule has 4 N–H and O–H groups in total. The quantitative estimate of drug-likeness (QED) is 0.399. The molecule has 1 spiro atoms. The molecule has 160 valence electrons. The molecule has 1 atom stereocenters. The van der Waals surface area contributed by atoms with Crippen LogP contribution in [0.2, 0.25) is 0 Å². The zero-order valence-electron chi connectivity index (χ0n) is 18.5. The second kappa shape index (κ2) is 7.94. The normalized spacial score (nSPS) is 27.5. The third kappa shape index (κ3) is 3.66. The van der Waals surface area contributed by atoms with Gasteiger partial charge in [-0.05, 0) is 81.7 Å². The Morgan fingerprint density at radius 3 is 2.65 bits per heavy atom. The number of nitrogens with one attached hydrogen (secondary N) is 1. The smallest absolute Gasteiger partial charge is 0.140 e. The van der Waals surface area contributed by atoms with E-state index in [1.165, 1.54) is 5.56 Å². The Balaban J connectivity index is 1.85. The molecule has 31 heavy (non-hydrogen) atoms. The van der Waals surface area contributed by atoms with Crippen molar-refractivity contribution in [1.82, 2.24) is 4.98 Å². The zero-order chi connectivity index (χ0) is 22.2. The van der Waals surface area contributed by atoms with Crippen molar-refractivity contribution in [2.45, 2.75) is 64.5 Å². The average Bonchev–Trinajstić information content (AvgIpc) is 2.98. The van der Waals surface area contributed by atoms with Gasteiger partial charge in [0.2, 0.25) is 0 Å². The molecule has 0 saturated heterocycles. The van der Waals surface area contributed by atoms with Gasteiger partial charge in [-0.25, -0.2) is 0 Å². The second-order valence-electron chi connectivity index (χ2n) is 9.09. The van der Waals surface area contributed by atoms with Gasteiger partial charge in [-0.2, -0.15) is 0 Å². The molecule has 0 bridgehead atoms. The lowest BCUT2D eigenvalue weighted by atomic mass is 9.62. The van der Waals surface area contributed by atoms with Crippen LogP contribution in [0.5, 0.6) is 0 Å². The van der Waals surface area contributed by atoms with Gasteiger partial charge in [0.15, 0.2) is 0 Å². The fraction of sp³-hybridized carbons (Fsp3) is 0.423. The number of aliphatic hydroxyl groups excluding tert-OH is 1. The van der Waals surface area contributed by atoms with Crippen LogP contribution in [0.15, 0.2) is 41.7 Å². The molecular formula is C26H30N4O. The van der Waals surface area contributed by atoms with Gasteiger partial charge in [-0.15, -0.1) is 5.92 Å². The molecule has 1 aromatic heterocycles. The van der Waals surface area contributed by atoms with E-state index < -0.39 is 5.54 Å². The molecule has 1 fully saturated rings. The highest BCUT2D eigenvalue weighted by atomic mass is 16.3. The van der Waals surface area contributed by atoms with E-state index >= 15 is 0 Å². The third-order valence-electron chi connectivity index (χ3n) is 7.18. The summed E-state index contributed by atoms with van der Waals surface area (Å²) in [5.41, 5.74) is 11.3. The molecule has 0 radical (unpaired) electrons. The molecule has 2 aromatic rings. The van der Waals surface area contributed by atoms with Crippen molar-refractivity contribution in [3.8, 4) is 23.0 Å². The molecule has 0 aliphatic heterocycles. The average molecular weight is 415 g/mol. The summed E-state index contributed by atoms with van der Waals surface area (Å²) in [6.07, 6.45) is 7.65. The molecule has 5 heteroatoms. The Morgan fingerprint density at radius 2 is 1.97 bits per heavy atom. The standard InChI is InChI=1S/C26H30N4O/c1-4-5-18-12-21(16-29-15-18)19-6-7-20-14-26(10-8-22(31)9-11-26)25(3,23(20)13-19)30-24(28)17(2)27/h6-7,12-13,15-16,22,27,31H,8-11,14H2,1-3H3,(H2,28,30)/t22?,25-,26?/m0/s1. The summed E-state index contributed by atoms with van der Waals surface area (Å²) in [7, 11) is 0. The summed E-state index contributed by atoms with van der Waals surface area (Å²) >= 11 is 0. The highest BCUT2D eigenvalue weighted by Gasteiger charge is 2.56. The first-order chi connectivity index (χ1) is 14.8. The number of aliphatic imine (C=N–C) groups is 1. The van der Waals surface area contributed by atoms with E-state index in [4.69, 9.17) is 16.1 Å². The largest absolute Gasteiger partial charge is 0.393 e. The number of amidine groups is 1. The highest BCUT2D eigenvalue weighted by Crippen LogP contribution is 2.60. The van der Waals surface area contributed by atoms with E-state index in [1.54, 1.807) is 13.1 Å². The van der Waals surface area contributed by atoms with Gasteiger partial charge in [0.1, 0.15) is 5.84 Å². The molecule has 0 unspecified atom stereocenters. The first-order valence-electron chi connectivity index (χ1n) is 10.9. The Hall–Kier alpha value is -2.97. The summed E-state index contributed by atoms with van der Waals surface area (Å²) in [6.45, 7) is 5.66. The van der Waals surface area contributed by atoms with Crippen LogP contribution in [-0.2, 0) is 12.0 Å². The van der Waals surface area contributed by atoms with Crippen LogP contribution in [0, 0.1) is 22.7 Å². The van der Waals surface area contributed by atoms with Gasteiger partial charge >= 0.3 is 0 Å². The second-order valence-corrected chi connectivity index (χ2v) is 9.09. The summed E-state index contributed by atoms with van der Waals surface area (Å²) in [4.78, 5) is 9.35. The van der Waals surface area contributed by atoms with Crippen LogP contribution in [0.4, 0.5) is 0 Å². The molecule has 1 aromatic carbocycles. The van der Waals surface area contributed by atoms with E-state index in [0.29, 0.717) is 0 Å². The van der Waals surface area contributed by atoms with Gasteiger partial charge in [0.05, 0.1) is 17.4 Å². The summed E-state index contributed by atoms with van der Waals surface area (Å²) in [5, 5.41) is 18.2. The minimum atomic E-state index is -0.543. The number of pyridine rings is 1. The molecule has 1 heterocycles. The van der Waals surface area contributed by atoms with Gasteiger partial charge in [0.25, 0.3) is 0 Å². The summed E-state index contributed by atoms with van der Waals surface area (Å²) in [5.74, 6) is 6.29. The predicted molar refractivity (Wildman–Crippen MR) is 125 cm³/mol. The first kappa shape index (κ1) is 21.3. The number of hydrogen-bond donors (Lipinski definition) is 3. The molecule has 2 aliphatic rings. The fourth-order valence-corrected chi connectivity index (χ4v) is 5.32. The van der Waals surface area contributed by atoms with Crippen molar-refractivity contribution in [2.24, 2.45) is 16.1 Å². The topological polar surface area (TPSA) is 95.4 Å². The van der Waals surface area contributed by atoms with Crippen LogP contribution >= 0.6 is 0 Å². The van der Waals surface area contributed by atoms with Crippen molar-refractivity contribution in [1.29, 1.82) is 5.41 Å². The number of nitrogens with two attached hydrogens (primary N) is 1.